The van der Waals surface area contributed by atoms with E-state index in [0.29, 0.717) is 32.1 Å². The molecule has 2 rings (SSSR count). The third-order valence-electron chi connectivity index (χ3n) is 13.6. The van der Waals surface area contributed by atoms with Crippen LogP contribution in [0.1, 0.15) is 145 Å². The number of aliphatic hydroxyl groups is 2. The van der Waals surface area contributed by atoms with Crippen LogP contribution in [0.5, 0.6) is 0 Å². The summed E-state index contributed by atoms with van der Waals surface area (Å²) in [7, 11) is 1.15. The van der Waals surface area contributed by atoms with E-state index in [1.54, 1.807) is 13.8 Å². The largest absolute Gasteiger partial charge is 0.481 e. The number of rotatable bonds is 30. The normalized spacial score (nSPS) is 20.1. The fourth-order valence-corrected chi connectivity index (χ4v) is 8.97. The summed E-state index contributed by atoms with van der Waals surface area (Å²) in [5.74, 6) is -12.3. The number of nitrogens with zero attached hydrogens (tertiary/aromatic N) is 1. The van der Waals surface area contributed by atoms with E-state index in [4.69, 9.17) is 5.73 Å². The molecule has 2 aliphatic rings. The van der Waals surface area contributed by atoms with E-state index < -0.39 is 157 Å². The van der Waals surface area contributed by atoms with Gasteiger partial charge < -0.3 is 73.4 Å². The Bertz CT molecular complexity index is 1960. The summed E-state index contributed by atoms with van der Waals surface area (Å²) >= 11 is 0. The first kappa shape index (κ1) is 64.2. The molecule has 0 bridgehead atoms. The zero-order valence-electron chi connectivity index (χ0n) is 44.0. The molecule has 0 saturated heterocycles. The van der Waals surface area contributed by atoms with Gasteiger partial charge in [0.15, 0.2) is 0 Å². The molecule has 2 aliphatic carbocycles. The van der Waals surface area contributed by atoms with E-state index in [0.717, 1.165) is 51.0 Å². The Morgan fingerprint density at radius 1 is 0.554 bits per heavy atom. The minimum absolute atomic E-state index is 0.0332. The van der Waals surface area contributed by atoms with Crippen molar-refractivity contribution >= 4 is 65.2 Å². The first-order valence-electron chi connectivity index (χ1n) is 25.7. The van der Waals surface area contributed by atoms with E-state index in [1.165, 1.54) is 13.8 Å². The third kappa shape index (κ3) is 21.9. The summed E-state index contributed by atoms with van der Waals surface area (Å²) in [5, 5.41) is 66.5. The molecular weight excluding hydrogens is 971 g/mol. The molecule has 14 N–H and O–H groups in total. The Morgan fingerprint density at radius 2 is 1.05 bits per heavy atom. The minimum Gasteiger partial charge on any atom is -0.481 e. The molecule has 0 aromatic heterocycles. The van der Waals surface area contributed by atoms with Gasteiger partial charge in [0.05, 0.1) is 24.7 Å². The molecular formula is C49H83N9O16. The molecule has 0 aromatic rings. The summed E-state index contributed by atoms with van der Waals surface area (Å²) in [6.45, 7) is 10.3. The summed E-state index contributed by atoms with van der Waals surface area (Å²) in [5.41, 5.74) is 6.28. The van der Waals surface area contributed by atoms with Crippen LogP contribution in [0.4, 0.5) is 0 Å². The number of carboxylic acids is 3. The zero-order chi connectivity index (χ0) is 56.1. The molecule has 10 atom stereocenters. The lowest BCUT2D eigenvalue weighted by atomic mass is 9.83. The van der Waals surface area contributed by atoms with Crippen LogP contribution in [-0.4, -0.2) is 169 Å². The standard InChI is InChI=1S/C49H83N9O16/c1-24(2)20-34(54-43(67)32(50)21-29-12-10-9-11-13-29)46(70)52-33(18-19-37(61)62)44(68)55-35(22-30-14-16-31(60)17-15-30)45(69)51-26(5)41(65)53-36(23-38(63)64)47(71)57-40(28(7)59)48(72)58(8)27(6)42(66)56-39(25(3)4)49(73)74/h24-36,39-40,59-60H,9-23,50H2,1-8H3,(H,51,69)(H,52,70)(H,53,65)(H,54,67)(H,55,68)(H,56,66)(H,57,71)(H,61,62)(H,63,64)(H,73,74). The van der Waals surface area contributed by atoms with Crippen molar-refractivity contribution in [3.8, 4) is 0 Å². The third-order valence-corrected chi connectivity index (χ3v) is 13.6. The molecule has 0 aromatic carbocycles. The number of carbonyl (C=O) groups is 11. The Kier molecular flexibility index (Phi) is 26.9. The van der Waals surface area contributed by atoms with Crippen LogP contribution in [0, 0.1) is 23.7 Å². The lowest BCUT2D eigenvalue weighted by Gasteiger charge is -2.32. The number of hydrogen-bond donors (Lipinski definition) is 13. The first-order valence-corrected chi connectivity index (χ1v) is 25.7. The Labute approximate surface area is 432 Å². The number of likely N-dealkylation sites (N-methyl/N-ethyl adjacent to an activating group) is 1. The van der Waals surface area contributed by atoms with Crippen molar-refractivity contribution in [2.24, 2.45) is 29.4 Å². The van der Waals surface area contributed by atoms with Crippen molar-refractivity contribution in [3.05, 3.63) is 0 Å². The highest BCUT2D eigenvalue weighted by Crippen LogP contribution is 2.29. The number of hydrogen-bond acceptors (Lipinski definition) is 14. The quantitative estimate of drug-likeness (QED) is 0.0410. The molecule has 8 amide bonds. The molecule has 0 aliphatic heterocycles. The maximum atomic E-state index is 14.1. The zero-order valence-corrected chi connectivity index (χ0v) is 44.0. The molecule has 0 radical (unpaired) electrons. The predicted molar refractivity (Wildman–Crippen MR) is 266 cm³/mol. The van der Waals surface area contributed by atoms with Crippen molar-refractivity contribution in [2.45, 2.75) is 211 Å². The van der Waals surface area contributed by atoms with Crippen molar-refractivity contribution < 1.29 is 78.3 Å². The summed E-state index contributed by atoms with van der Waals surface area (Å²) in [6, 6.07) is -12.9. The minimum atomic E-state index is -1.92. The highest BCUT2D eigenvalue weighted by Gasteiger charge is 2.38. The number of carbonyl (C=O) groups excluding carboxylic acids is 8. The van der Waals surface area contributed by atoms with Crippen LogP contribution in [0.3, 0.4) is 0 Å². The second-order valence-electron chi connectivity index (χ2n) is 20.8. The molecule has 0 spiro atoms. The molecule has 2 saturated carbocycles. The van der Waals surface area contributed by atoms with Gasteiger partial charge in [-0.3, -0.25) is 47.9 Å². The maximum absolute atomic E-state index is 14.1. The topological polar surface area (TPSA) is 402 Å². The van der Waals surface area contributed by atoms with Crippen molar-refractivity contribution in [3.63, 3.8) is 0 Å². The van der Waals surface area contributed by atoms with Crippen LogP contribution in [0.15, 0.2) is 0 Å². The molecule has 0 heterocycles. The highest BCUT2D eigenvalue weighted by atomic mass is 16.4. The number of aliphatic carboxylic acids is 3. The van der Waals surface area contributed by atoms with Gasteiger partial charge in [-0.1, -0.05) is 59.8 Å². The molecule has 2 fully saturated rings. The van der Waals surface area contributed by atoms with Gasteiger partial charge in [-0.2, -0.15) is 0 Å². The Morgan fingerprint density at radius 3 is 1.58 bits per heavy atom. The van der Waals surface area contributed by atoms with Crippen LogP contribution < -0.4 is 43.0 Å². The molecule has 420 valence electrons. The van der Waals surface area contributed by atoms with Gasteiger partial charge in [0.2, 0.25) is 47.3 Å². The van der Waals surface area contributed by atoms with Gasteiger partial charge in [0, 0.05) is 13.5 Å². The van der Waals surface area contributed by atoms with Gasteiger partial charge in [0.25, 0.3) is 0 Å². The summed E-state index contributed by atoms with van der Waals surface area (Å²) in [6.07, 6.45) is 2.99. The average Bonchev–Trinajstić information content (AvgIpc) is 3.32. The SMILES string of the molecule is CC(C)CC(NC(=O)C(N)CC1CCCCC1)C(=O)NC(CCC(=O)O)C(=O)NC(CC1CCC(O)CC1)C(=O)NC(C)C(=O)NC(CC(=O)O)C(=O)NC(C(=O)N(C)C(C)C(=O)NC(C(=O)O)C(C)C)C(C)O. The number of aliphatic hydroxyl groups excluding tert-OH is 2. The predicted octanol–water partition coefficient (Wildman–Crippen LogP) is -1.01. The Hall–Kier alpha value is -5.95. The van der Waals surface area contributed by atoms with E-state index in [2.05, 4.69) is 37.2 Å². The number of carboxylic acid groups (broad SMARTS) is 3. The molecule has 10 unspecified atom stereocenters. The number of amides is 8. The van der Waals surface area contributed by atoms with Crippen molar-refractivity contribution in [1.82, 2.24) is 42.1 Å². The first-order chi connectivity index (χ1) is 34.5. The van der Waals surface area contributed by atoms with Crippen LogP contribution in [0.2, 0.25) is 0 Å². The number of nitrogens with one attached hydrogen (secondary N) is 7. The smallest absolute Gasteiger partial charge is 0.326 e. The van der Waals surface area contributed by atoms with Crippen LogP contribution in [-0.2, 0) is 52.7 Å². The maximum Gasteiger partial charge on any atom is 0.326 e. The van der Waals surface area contributed by atoms with Crippen molar-refractivity contribution in [2.75, 3.05) is 7.05 Å². The van der Waals surface area contributed by atoms with Gasteiger partial charge >= 0.3 is 17.9 Å². The molecule has 74 heavy (non-hydrogen) atoms. The average molecular weight is 1050 g/mol. The second-order valence-corrected chi connectivity index (χ2v) is 20.8. The van der Waals surface area contributed by atoms with E-state index in [1.807, 2.05) is 13.8 Å². The summed E-state index contributed by atoms with van der Waals surface area (Å²) in [4.78, 5) is 145. The van der Waals surface area contributed by atoms with E-state index in [-0.39, 0.29) is 30.6 Å². The lowest BCUT2D eigenvalue weighted by molar-refractivity contribution is -0.147. The van der Waals surface area contributed by atoms with Crippen molar-refractivity contribution in [1.29, 1.82) is 0 Å². The van der Waals surface area contributed by atoms with Gasteiger partial charge in [-0.05, 0) is 95.8 Å². The monoisotopic (exact) mass is 1050 g/mol. The number of nitrogens with two attached hydrogens (primary N) is 1. The molecule has 25 nitrogen and oxygen atoms in total. The lowest BCUT2D eigenvalue weighted by Crippen LogP contribution is -2.61. The Balaban J connectivity index is 2.32. The van der Waals surface area contributed by atoms with Crippen LogP contribution >= 0.6 is 0 Å². The second kappa shape index (κ2) is 31.1. The molecule has 25 heteroatoms. The van der Waals surface area contributed by atoms with Gasteiger partial charge in [-0.15, -0.1) is 0 Å². The van der Waals surface area contributed by atoms with E-state index in [9.17, 15) is 78.3 Å². The van der Waals surface area contributed by atoms with Gasteiger partial charge in [-0.25, -0.2) is 4.79 Å². The van der Waals surface area contributed by atoms with E-state index >= 15 is 0 Å². The highest BCUT2D eigenvalue weighted by molar-refractivity contribution is 5.99. The summed E-state index contributed by atoms with van der Waals surface area (Å²) < 4.78 is 0. The fourth-order valence-electron chi connectivity index (χ4n) is 8.97. The fraction of sp³-hybridized carbons (Fsp3) is 0.776. The van der Waals surface area contributed by atoms with Gasteiger partial charge in [0.1, 0.15) is 48.3 Å². The van der Waals surface area contributed by atoms with Crippen LogP contribution in [0.25, 0.3) is 0 Å².